The number of rotatable bonds is 3. The zero-order valence-corrected chi connectivity index (χ0v) is 14.0. The molecule has 1 aromatic carbocycles. The first-order chi connectivity index (χ1) is 10.7. The van der Waals surface area contributed by atoms with Gasteiger partial charge in [0, 0.05) is 49.1 Å². The quantitative estimate of drug-likeness (QED) is 0.873. The summed E-state index contributed by atoms with van der Waals surface area (Å²) in [5, 5.41) is 2.81. The van der Waals surface area contributed by atoms with Crippen LogP contribution in [0.15, 0.2) is 35.7 Å². The van der Waals surface area contributed by atoms with Crippen LogP contribution in [-0.2, 0) is 0 Å². The Labute approximate surface area is 138 Å². The van der Waals surface area contributed by atoms with Crippen molar-refractivity contribution in [1.29, 1.82) is 0 Å². The molecule has 1 amide bonds. The molecule has 2 aromatic rings. The number of thiazole rings is 1. The molecule has 22 heavy (non-hydrogen) atoms. The lowest BCUT2D eigenvalue weighted by Gasteiger charge is -2.31. The number of amides is 1. The van der Waals surface area contributed by atoms with Crippen molar-refractivity contribution in [2.45, 2.75) is 0 Å². The second-order valence-corrected chi connectivity index (χ2v) is 6.78. The van der Waals surface area contributed by atoms with Gasteiger partial charge in [-0.2, -0.15) is 0 Å². The summed E-state index contributed by atoms with van der Waals surface area (Å²) in [6.45, 7) is 3.44. The van der Waals surface area contributed by atoms with Gasteiger partial charge in [0.15, 0.2) is 5.13 Å². The third-order valence-corrected chi connectivity index (χ3v) is 5.18. The maximum atomic E-state index is 12.1. The van der Waals surface area contributed by atoms with Crippen molar-refractivity contribution in [3.8, 4) is 11.3 Å². The van der Waals surface area contributed by atoms with Crippen molar-refractivity contribution in [2.75, 3.05) is 37.9 Å². The van der Waals surface area contributed by atoms with E-state index >= 15 is 0 Å². The van der Waals surface area contributed by atoms with Crippen LogP contribution >= 0.6 is 23.3 Å². The number of anilines is 1. The molecule has 0 aliphatic carbocycles. The molecule has 7 heteroatoms. The largest absolute Gasteiger partial charge is 0.330 e. The number of carbonyl (C=O) groups is 1. The second-order valence-electron chi connectivity index (χ2n) is 5.16. The Morgan fingerprint density at radius 1 is 1.23 bits per heavy atom. The zero-order valence-electron chi connectivity index (χ0n) is 12.4. The summed E-state index contributed by atoms with van der Waals surface area (Å²) in [7, 11) is 2.08. The predicted octanol–water partition coefficient (Wildman–Crippen LogP) is 3.24. The highest BCUT2D eigenvalue weighted by Gasteiger charge is 2.19. The molecule has 0 atom stereocenters. The molecule has 3 rings (SSSR count). The Morgan fingerprint density at radius 3 is 2.68 bits per heavy atom. The molecule has 116 valence electrons. The monoisotopic (exact) mass is 334 g/mol. The fourth-order valence-electron chi connectivity index (χ4n) is 2.20. The first-order valence-electron chi connectivity index (χ1n) is 7.13. The minimum atomic E-state index is 0.0598. The van der Waals surface area contributed by atoms with E-state index in [4.69, 9.17) is 0 Å². The highest BCUT2D eigenvalue weighted by molar-refractivity contribution is 8.14. The van der Waals surface area contributed by atoms with Gasteiger partial charge in [0.05, 0.1) is 5.69 Å². The molecule has 1 aliphatic rings. The van der Waals surface area contributed by atoms with Gasteiger partial charge in [-0.15, -0.1) is 11.3 Å². The molecular formula is C15H18N4OS2. The van der Waals surface area contributed by atoms with Gasteiger partial charge in [-0.3, -0.25) is 9.52 Å². The lowest BCUT2D eigenvalue weighted by atomic mass is 10.2. The van der Waals surface area contributed by atoms with Gasteiger partial charge in [-0.05, 0) is 7.05 Å². The molecule has 1 N–H and O–H groups in total. The maximum Gasteiger partial charge on any atom is 0.302 e. The van der Waals surface area contributed by atoms with Crippen molar-refractivity contribution >= 4 is 33.7 Å². The zero-order chi connectivity index (χ0) is 15.4. The Hall–Kier alpha value is -1.57. The van der Waals surface area contributed by atoms with Crippen LogP contribution in [0, 0.1) is 0 Å². The number of aromatic nitrogens is 1. The van der Waals surface area contributed by atoms with Crippen molar-refractivity contribution in [2.24, 2.45) is 0 Å². The third-order valence-electron chi connectivity index (χ3n) is 3.56. The normalized spacial score (nSPS) is 15.8. The molecule has 2 heterocycles. The SMILES string of the molecule is CN1CCN(C(=O)SNc2nc(-c3ccccc3)cs2)CC1. The molecule has 0 spiro atoms. The molecule has 1 aromatic heterocycles. The van der Waals surface area contributed by atoms with E-state index in [1.165, 1.54) is 11.3 Å². The molecule has 0 radical (unpaired) electrons. The minimum absolute atomic E-state index is 0.0598. The van der Waals surface area contributed by atoms with E-state index < -0.39 is 0 Å². The number of hydrogen-bond acceptors (Lipinski definition) is 6. The Morgan fingerprint density at radius 2 is 1.95 bits per heavy atom. The summed E-state index contributed by atoms with van der Waals surface area (Å²) in [5.41, 5.74) is 2.02. The van der Waals surface area contributed by atoms with Crippen molar-refractivity contribution in [1.82, 2.24) is 14.8 Å². The van der Waals surface area contributed by atoms with E-state index in [0.29, 0.717) is 0 Å². The third kappa shape index (κ3) is 3.79. The van der Waals surface area contributed by atoms with Crippen LogP contribution in [0.5, 0.6) is 0 Å². The van der Waals surface area contributed by atoms with Crippen LogP contribution < -0.4 is 4.72 Å². The van der Waals surface area contributed by atoms with Gasteiger partial charge in [0.1, 0.15) is 0 Å². The van der Waals surface area contributed by atoms with Crippen LogP contribution in [0.4, 0.5) is 9.93 Å². The smallest absolute Gasteiger partial charge is 0.302 e. The molecule has 1 saturated heterocycles. The molecule has 1 fully saturated rings. The van der Waals surface area contributed by atoms with E-state index in [-0.39, 0.29) is 5.24 Å². The van der Waals surface area contributed by atoms with Crippen molar-refractivity contribution < 1.29 is 4.79 Å². The van der Waals surface area contributed by atoms with E-state index in [0.717, 1.165) is 54.5 Å². The summed E-state index contributed by atoms with van der Waals surface area (Å²) >= 11 is 2.62. The summed E-state index contributed by atoms with van der Waals surface area (Å²) < 4.78 is 3.06. The number of benzene rings is 1. The topological polar surface area (TPSA) is 48.5 Å². The van der Waals surface area contributed by atoms with Gasteiger partial charge < -0.3 is 9.80 Å². The summed E-state index contributed by atoms with van der Waals surface area (Å²) in [5.74, 6) is 0. The van der Waals surface area contributed by atoms with E-state index in [1.54, 1.807) is 0 Å². The van der Waals surface area contributed by atoms with Gasteiger partial charge in [-0.1, -0.05) is 30.3 Å². The fourth-order valence-corrected chi connectivity index (χ4v) is 3.62. The van der Waals surface area contributed by atoms with Crippen LogP contribution in [0.3, 0.4) is 0 Å². The Bertz CT molecular complexity index is 623. The van der Waals surface area contributed by atoms with Crippen LogP contribution in [0.1, 0.15) is 0 Å². The first kappa shape index (κ1) is 15.3. The lowest BCUT2D eigenvalue weighted by molar-refractivity contribution is 0.172. The van der Waals surface area contributed by atoms with Gasteiger partial charge in [0.25, 0.3) is 0 Å². The summed E-state index contributed by atoms with van der Waals surface area (Å²) in [6, 6.07) is 10.0. The highest BCUT2D eigenvalue weighted by atomic mass is 32.2. The maximum absolute atomic E-state index is 12.1. The number of piperazine rings is 1. The number of hydrogen-bond donors (Lipinski definition) is 1. The second kappa shape index (κ2) is 7.13. The van der Waals surface area contributed by atoms with E-state index in [2.05, 4.69) is 21.7 Å². The molecule has 5 nitrogen and oxygen atoms in total. The average Bonchev–Trinajstić information content (AvgIpc) is 3.03. The van der Waals surface area contributed by atoms with Gasteiger partial charge in [-0.25, -0.2) is 4.98 Å². The summed E-state index contributed by atoms with van der Waals surface area (Å²) in [4.78, 5) is 20.8. The standard InChI is InChI=1S/C15H18N4OS2/c1-18-7-9-19(10-8-18)15(20)22-17-14-16-13(11-21-14)12-5-3-2-4-6-12/h2-6,11H,7-10H2,1H3,(H,16,17). The van der Waals surface area contributed by atoms with Gasteiger partial charge >= 0.3 is 5.24 Å². The number of likely N-dealkylation sites (N-methyl/N-ethyl adjacent to an activating group) is 1. The Kier molecular flexibility index (Phi) is 4.97. The number of nitrogens with zero attached hydrogens (tertiary/aromatic N) is 3. The lowest BCUT2D eigenvalue weighted by Crippen LogP contribution is -2.46. The Balaban J connectivity index is 1.54. The van der Waals surface area contributed by atoms with E-state index in [1.807, 2.05) is 40.6 Å². The number of nitrogens with one attached hydrogen (secondary N) is 1. The molecule has 0 unspecified atom stereocenters. The molecule has 1 aliphatic heterocycles. The number of carbonyl (C=O) groups excluding carboxylic acids is 1. The van der Waals surface area contributed by atoms with E-state index in [9.17, 15) is 4.79 Å². The predicted molar refractivity (Wildman–Crippen MR) is 93.2 cm³/mol. The molecule has 0 bridgehead atoms. The minimum Gasteiger partial charge on any atom is -0.330 e. The van der Waals surface area contributed by atoms with Crippen molar-refractivity contribution in [3.05, 3.63) is 35.7 Å². The molecule has 0 saturated carbocycles. The van der Waals surface area contributed by atoms with Crippen LogP contribution in [-0.4, -0.2) is 53.2 Å². The average molecular weight is 334 g/mol. The van der Waals surface area contributed by atoms with Crippen LogP contribution in [0.25, 0.3) is 11.3 Å². The first-order valence-corrected chi connectivity index (χ1v) is 8.83. The van der Waals surface area contributed by atoms with Gasteiger partial charge in [0.2, 0.25) is 0 Å². The summed E-state index contributed by atoms with van der Waals surface area (Å²) in [6.07, 6.45) is 0. The fraction of sp³-hybridized carbons (Fsp3) is 0.333. The van der Waals surface area contributed by atoms with Crippen molar-refractivity contribution in [3.63, 3.8) is 0 Å². The highest BCUT2D eigenvalue weighted by Crippen LogP contribution is 2.26. The van der Waals surface area contributed by atoms with Crippen LogP contribution in [0.2, 0.25) is 0 Å². The molecular weight excluding hydrogens is 316 g/mol.